The molecule has 2 aromatic carbocycles. The minimum Gasteiger partial charge on any atom is -0.495 e. The summed E-state index contributed by atoms with van der Waals surface area (Å²) >= 11 is 1.65. The zero-order valence-corrected chi connectivity index (χ0v) is 14.8. The smallest absolute Gasteiger partial charge is 0.331 e. The van der Waals surface area contributed by atoms with E-state index in [1.165, 1.54) is 13.2 Å². The molecule has 0 atom stereocenters. The molecular weight excluding hydrogens is 338 g/mol. The molecule has 2 aromatic rings. The molecule has 0 saturated heterocycles. The topological polar surface area (TPSA) is 64.6 Å². The van der Waals surface area contributed by atoms with Gasteiger partial charge in [-0.25, -0.2) is 4.79 Å². The normalized spacial score (nSPS) is 10.5. The van der Waals surface area contributed by atoms with Crippen LogP contribution in [0.5, 0.6) is 5.75 Å². The van der Waals surface area contributed by atoms with Gasteiger partial charge >= 0.3 is 5.97 Å². The van der Waals surface area contributed by atoms with Crippen LogP contribution in [0.25, 0.3) is 6.08 Å². The van der Waals surface area contributed by atoms with E-state index in [-0.39, 0.29) is 6.61 Å². The average Bonchev–Trinajstić information content (AvgIpc) is 2.65. The lowest BCUT2D eigenvalue weighted by atomic mass is 10.2. The second-order valence-electron chi connectivity index (χ2n) is 4.96. The van der Waals surface area contributed by atoms with Gasteiger partial charge < -0.3 is 14.8 Å². The van der Waals surface area contributed by atoms with Crippen molar-refractivity contribution in [2.45, 2.75) is 4.90 Å². The molecule has 5 nitrogen and oxygen atoms in total. The lowest BCUT2D eigenvalue weighted by Crippen LogP contribution is -2.20. The van der Waals surface area contributed by atoms with Gasteiger partial charge in [-0.05, 0) is 42.2 Å². The number of hydrogen-bond acceptors (Lipinski definition) is 5. The van der Waals surface area contributed by atoms with Gasteiger partial charge in [0, 0.05) is 11.0 Å². The number of carbonyl (C=O) groups is 2. The van der Waals surface area contributed by atoms with Crippen molar-refractivity contribution in [2.75, 3.05) is 25.3 Å². The van der Waals surface area contributed by atoms with E-state index in [0.717, 1.165) is 10.5 Å². The molecule has 0 unspecified atom stereocenters. The zero-order chi connectivity index (χ0) is 18.1. The highest BCUT2D eigenvalue weighted by Crippen LogP contribution is 2.22. The first-order chi connectivity index (χ1) is 12.1. The Morgan fingerprint density at radius 2 is 1.84 bits per heavy atom. The number of thioether (sulfide) groups is 1. The highest BCUT2D eigenvalue weighted by Gasteiger charge is 2.08. The number of para-hydroxylation sites is 2. The van der Waals surface area contributed by atoms with Crippen molar-refractivity contribution >= 4 is 35.4 Å². The average molecular weight is 357 g/mol. The molecule has 2 rings (SSSR count). The summed E-state index contributed by atoms with van der Waals surface area (Å²) in [6, 6.07) is 14.8. The molecule has 0 aromatic heterocycles. The summed E-state index contributed by atoms with van der Waals surface area (Å²) in [7, 11) is 1.52. The Balaban J connectivity index is 1.82. The van der Waals surface area contributed by atoms with Gasteiger partial charge in [-0.2, -0.15) is 0 Å². The van der Waals surface area contributed by atoms with E-state index in [9.17, 15) is 9.59 Å². The van der Waals surface area contributed by atoms with Crippen LogP contribution in [0.15, 0.2) is 59.5 Å². The summed E-state index contributed by atoms with van der Waals surface area (Å²) in [5, 5.41) is 2.64. The molecule has 0 saturated carbocycles. The zero-order valence-electron chi connectivity index (χ0n) is 14.0. The molecule has 0 aliphatic heterocycles. The predicted molar refractivity (Wildman–Crippen MR) is 99.8 cm³/mol. The molecule has 0 aliphatic rings. The van der Waals surface area contributed by atoms with Crippen molar-refractivity contribution in [3.05, 3.63) is 60.2 Å². The lowest BCUT2D eigenvalue weighted by Gasteiger charge is -2.09. The fraction of sp³-hybridized carbons (Fsp3) is 0.158. The number of hydrogen-bond donors (Lipinski definition) is 1. The Bertz CT molecular complexity index is 756. The highest BCUT2D eigenvalue weighted by molar-refractivity contribution is 7.98. The molecule has 0 heterocycles. The first-order valence-corrected chi connectivity index (χ1v) is 8.76. The summed E-state index contributed by atoms with van der Waals surface area (Å²) in [4.78, 5) is 24.7. The fourth-order valence-corrected chi connectivity index (χ4v) is 2.41. The molecule has 0 spiro atoms. The van der Waals surface area contributed by atoms with E-state index in [4.69, 9.17) is 9.47 Å². The summed E-state index contributed by atoms with van der Waals surface area (Å²) in [6.07, 6.45) is 4.94. The van der Waals surface area contributed by atoms with Crippen LogP contribution >= 0.6 is 11.8 Å². The Hall–Kier alpha value is -2.73. The first kappa shape index (κ1) is 18.6. The number of nitrogens with one attached hydrogen (secondary N) is 1. The van der Waals surface area contributed by atoms with Gasteiger partial charge in [0.1, 0.15) is 5.75 Å². The Morgan fingerprint density at radius 1 is 1.12 bits per heavy atom. The summed E-state index contributed by atoms with van der Waals surface area (Å²) < 4.78 is 10.1. The van der Waals surface area contributed by atoms with Crippen LogP contribution in [0.2, 0.25) is 0 Å². The highest BCUT2D eigenvalue weighted by atomic mass is 32.2. The van der Waals surface area contributed by atoms with E-state index < -0.39 is 11.9 Å². The summed E-state index contributed by atoms with van der Waals surface area (Å²) in [6.45, 7) is -0.368. The Kier molecular flexibility index (Phi) is 7.10. The SMILES string of the molecule is COc1ccccc1NC(=O)COC(=O)/C=C/c1ccc(SC)cc1. The van der Waals surface area contributed by atoms with Gasteiger partial charge in [0.05, 0.1) is 12.8 Å². The van der Waals surface area contributed by atoms with Crippen LogP contribution in [-0.2, 0) is 14.3 Å². The van der Waals surface area contributed by atoms with E-state index in [0.29, 0.717) is 11.4 Å². The lowest BCUT2D eigenvalue weighted by molar-refractivity contribution is -0.142. The van der Waals surface area contributed by atoms with Crippen LogP contribution in [0.4, 0.5) is 5.69 Å². The van der Waals surface area contributed by atoms with Gasteiger partial charge in [0.15, 0.2) is 6.61 Å². The number of anilines is 1. The Morgan fingerprint density at radius 3 is 2.52 bits per heavy atom. The van der Waals surface area contributed by atoms with Gasteiger partial charge in [-0.15, -0.1) is 11.8 Å². The van der Waals surface area contributed by atoms with Crippen molar-refractivity contribution < 1.29 is 19.1 Å². The Labute approximate surface area is 151 Å². The summed E-state index contributed by atoms with van der Waals surface area (Å²) in [5.74, 6) is -0.476. The monoisotopic (exact) mass is 357 g/mol. The van der Waals surface area contributed by atoms with Crippen molar-refractivity contribution in [1.29, 1.82) is 0 Å². The maximum Gasteiger partial charge on any atom is 0.331 e. The second kappa shape index (κ2) is 9.54. The van der Waals surface area contributed by atoms with E-state index in [1.807, 2.05) is 30.5 Å². The number of rotatable bonds is 7. The number of ether oxygens (including phenoxy) is 2. The first-order valence-electron chi connectivity index (χ1n) is 7.54. The van der Waals surface area contributed by atoms with Crippen LogP contribution < -0.4 is 10.1 Å². The number of esters is 1. The third kappa shape index (κ3) is 6.00. The molecule has 1 amide bonds. The van der Waals surface area contributed by atoms with Gasteiger partial charge in [0.25, 0.3) is 5.91 Å². The largest absolute Gasteiger partial charge is 0.495 e. The van der Waals surface area contributed by atoms with Crippen molar-refractivity contribution in [3.8, 4) is 5.75 Å². The van der Waals surface area contributed by atoms with Crippen molar-refractivity contribution in [1.82, 2.24) is 0 Å². The van der Waals surface area contributed by atoms with E-state index in [2.05, 4.69) is 5.32 Å². The molecule has 0 radical (unpaired) electrons. The third-order valence-corrected chi connectivity index (χ3v) is 4.00. The molecule has 0 aliphatic carbocycles. The molecule has 25 heavy (non-hydrogen) atoms. The number of benzene rings is 2. The van der Waals surface area contributed by atoms with Gasteiger partial charge in [0.2, 0.25) is 0 Å². The van der Waals surface area contributed by atoms with Crippen molar-refractivity contribution in [3.63, 3.8) is 0 Å². The maximum atomic E-state index is 11.9. The molecular formula is C19H19NO4S. The molecule has 0 bridgehead atoms. The van der Waals surface area contributed by atoms with Crippen LogP contribution in [0.1, 0.15) is 5.56 Å². The number of methoxy groups -OCH3 is 1. The van der Waals surface area contributed by atoms with E-state index >= 15 is 0 Å². The number of carbonyl (C=O) groups excluding carboxylic acids is 2. The molecule has 130 valence electrons. The number of amides is 1. The van der Waals surface area contributed by atoms with Gasteiger partial charge in [-0.1, -0.05) is 24.3 Å². The quantitative estimate of drug-likeness (QED) is 0.466. The molecule has 1 N–H and O–H groups in total. The summed E-state index contributed by atoms with van der Waals surface area (Å²) in [5.41, 5.74) is 1.41. The fourth-order valence-electron chi connectivity index (χ4n) is 2.00. The standard InChI is InChI=1S/C19H19NO4S/c1-23-17-6-4-3-5-16(17)20-18(21)13-24-19(22)12-9-14-7-10-15(25-2)11-8-14/h3-12H,13H2,1-2H3,(H,20,21)/b12-9+. The molecule has 0 fully saturated rings. The van der Waals surface area contributed by atoms with E-state index in [1.54, 1.807) is 42.1 Å². The molecule has 6 heteroatoms. The maximum absolute atomic E-state index is 11.9. The minimum absolute atomic E-state index is 0.368. The second-order valence-corrected chi connectivity index (χ2v) is 5.84. The predicted octanol–water partition coefficient (Wildman–Crippen LogP) is 3.61. The minimum atomic E-state index is -0.580. The van der Waals surface area contributed by atoms with Gasteiger partial charge in [-0.3, -0.25) is 4.79 Å². The third-order valence-electron chi connectivity index (χ3n) is 3.25. The van der Waals surface area contributed by atoms with Crippen LogP contribution in [0.3, 0.4) is 0 Å². The van der Waals surface area contributed by atoms with Crippen LogP contribution in [-0.4, -0.2) is 31.8 Å². The van der Waals surface area contributed by atoms with Crippen LogP contribution in [0, 0.1) is 0 Å². The van der Waals surface area contributed by atoms with Crippen molar-refractivity contribution in [2.24, 2.45) is 0 Å².